The highest BCUT2D eigenvalue weighted by Crippen LogP contribution is 2.52. The first-order valence-electron chi connectivity index (χ1n) is 14.2. The Morgan fingerprint density at radius 1 is 1.07 bits per heavy atom. The summed E-state index contributed by atoms with van der Waals surface area (Å²) in [6, 6.07) is 13.0. The van der Waals surface area contributed by atoms with Crippen LogP contribution in [-0.2, 0) is 30.0 Å². The number of nitrogens with two attached hydrogens (primary N) is 1. The van der Waals surface area contributed by atoms with Crippen molar-refractivity contribution in [2.75, 3.05) is 18.1 Å². The third kappa shape index (κ3) is 5.87. The second-order valence-corrected chi connectivity index (χ2v) is 11.4. The summed E-state index contributed by atoms with van der Waals surface area (Å²) in [6.07, 6.45) is -4.79. The van der Waals surface area contributed by atoms with E-state index in [1.54, 1.807) is 24.4 Å². The molecule has 2 aromatic carbocycles. The molecule has 1 aromatic heterocycles. The number of ether oxygens (including phenoxy) is 2. The van der Waals surface area contributed by atoms with Crippen molar-refractivity contribution in [1.82, 2.24) is 0 Å². The highest BCUT2D eigenvalue weighted by atomic mass is 32.1. The second kappa shape index (κ2) is 12.8. The molecule has 5 rings (SSSR count). The number of halogens is 3. The second-order valence-electron chi connectivity index (χ2n) is 10.5. The number of rotatable bonds is 8. The molecule has 2 heterocycles. The number of nitrogens with zero attached hydrogens (tertiary/aromatic N) is 2. The Morgan fingerprint density at radius 2 is 1.78 bits per heavy atom. The third-order valence-electron chi connectivity index (χ3n) is 7.83. The van der Waals surface area contributed by atoms with Crippen LogP contribution in [0.15, 0.2) is 88.7 Å². The summed E-state index contributed by atoms with van der Waals surface area (Å²) in [6.45, 7) is 2.97. The minimum atomic E-state index is -4.73. The summed E-state index contributed by atoms with van der Waals surface area (Å²) in [4.78, 5) is 54.7. The molecule has 2 N–H and O–H groups in total. The third-order valence-corrected chi connectivity index (χ3v) is 8.83. The fourth-order valence-corrected chi connectivity index (χ4v) is 6.84. The number of esters is 2. The van der Waals surface area contributed by atoms with E-state index in [0.717, 1.165) is 12.1 Å². The van der Waals surface area contributed by atoms with Gasteiger partial charge in [0.15, 0.2) is 5.78 Å². The number of nitro benzene ring substituents is 1. The SMILES string of the molecule is CCOC(=O)C1=C(N)N(c2cccc(C(F)(F)F)c2)C2=C(C(=O)[C@@H](C(=O)OCC)[C@@H](c3cccs3)C2)[C@@H]1c1cccc([N+](=O)[O-])c1. The van der Waals surface area contributed by atoms with E-state index in [2.05, 4.69) is 0 Å². The van der Waals surface area contributed by atoms with Gasteiger partial charge < -0.3 is 15.2 Å². The molecular formula is C32H28F3N3O7S. The number of carbonyl (C=O) groups excluding carboxylic acids is 3. The quantitative estimate of drug-likeness (QED) is 0.130. The molecule has 3 aromatic rings. The van der Waals surface area contributed by atoms with Crippen LogP contribution in [0, 0.1) is 16.0 Å². The fraction of sp³-hybridized carbons (Fsp3) is 0.281. The maximum absolute atomic E-state index is 14.7. The summed E-state index contributed by atoms with van der Waals surface area (Å²) in [5.41, 5.74) is 5.08. The normalized spacial score (nSPS) is 20.0. The number of anilines is 1. The minimum absolute atomic E-state index is 0.0305. The van der Waals surface area contributed by atoms with Gasteiger partial charge in [0.2, 0.25) is 0 Å². The van der Waals surface area contributed by atoms with Crippen LogP contribution in [0.3, 0.4) is 0 Å². The Balaban J connectivity index is 1.85. The fourth-order valence-electron chi connectivity index (χ4n) is 5.98. The number of alkyl halides is 3. The number of hydrogen-bond acceptors (Lipinski definition) is 10. The van der Waals surface area contributed by atoms with E-state index in [1.165, 1.54) is 59.6 Å². The topological polar surface area (TPSA) is 142 Å². The lowest BCUT2D eigenvalue weighted by molar-refractivity contribution is -0.384. The van der Waals surface area contributed by atoms with Gasteiger partial charge >= 0.3 is 18.1 Å². The molecule has 0 spiro atoms. The summed E-state index contributed by atoms with van der Waals surface area (Å²) in [5.74, 6) is -6.40. The van der Waals surface area contributed by atoms with E-state index < -0.39 is 52.1 Å². The molecule has 0 saturated carbocycles. The van der Waals surface area contributed by atoms with Crippen LogP contribution in [0.2, 0.25) is 0 Å². The molecule has 2 aliphatic rings. The smallest absolute Gasteiger partial charge is 0.416 e. The zero-order valence-corrected chi connectivity index (χ0v) is 25.4. The number of Topliss-reactive ketones (excluding diaryl/α,β-unsaturated/α-hetero) is 1. The number of thiophene rings is 1. The lowest BCUT2D eigenvalue weighted by Gasteiger charge is -2.43. The first-order valence-corrected chi connectivity index (χ1v) is 15.1. The lowest BCUT2D eigenvalue weighted by Crippen LogP contribution is -2.46. The molecule has 3 atom stereocenters. The molecule has 0 radical (unpaired) electrons. The van der Waals surface area contributed by atoms with Gasteiger partial charge in [-0.2, -0.15) is 13.2 Å². The number of nitro groups is 1. The van der Waals surface area contributed by atoms with E-state index in [-0.39, 0.29) is 59.2 Å². The number of non-ortho nitro benzene ring substituents is 1. The van der Waals surface area contributed by atoms with Crippen molar-refractivity contribution in [1.29, 1.82) is 0 Å². The van der Waals surface area contributed by atoms with Crippen LogP contribution < -0.4 is 10.6 Å². The Kier molecular flexibility index (Phi) is 9.01. The van der Waals surface area contributed by atoms with E-state index in [1.807, 2.05) is 0 Å². The minimum Gasteiger partial charge on any atom is -0.465 e. The maximum Gasteiger partial charge on any atom is 0.416 e. The van der Waals surface area contributed by atoms with Gasteiger partial charge in [-0.15, -0.1) is 11.3 Å². The zero-order chi connectivity index (χ0) is 33.3. The summed E-state index contributed by atoms with van der Waals surface area (Å²) >= 11 is 1.29. The Labute approximate surface area is 265 Å². The number of allylic oxidation sites excluding steroid dienone is 2. The monoisotopic (exact) mass is 655 g/mol. The molecule has 1 aliphatic carbocycles. The molecule has 0 bridgehead atoms. The number of ketones is 1. The zero-order valence-electron chi connectivity index (χ0n) is 24.6. The molecule has 240 valence electrons. The van der Waals surface area contributed by atoms with Crippen molar-refractivity contribution in [3.63, 3.8) is 0 Å². The number of hydrogen-bond donors (Lipinski definition) is 1. The predicted octanol–water partition coefficient (Wildman–Crippen LogP) is 6.20. The molecule has 10 nitrogen and oxygen atoms in total. The van der Waals surface area contributed by atoms with Crippen LogP contribution in [0.25, 0.3) is 0 Å². The lowest BCUT2D eigenvalue weighted by atomic mass is 9.68. The van der Waals surface area contributed by atoms with Crippen molar-refractivity contribution >= 4 is 40.4 Å². The van der Waals surface area contributed by atoms with E-state index in [4.69, 9.17) is 15.2 Å². The van der Waals surface area contributed by atoms with Gasteiger partial charge in [-0.1, -0.05) is 24.3 Å². The van der Waals surface area contributed by atoms with Crippen LogP contribution >= 0.6 is 11.3 Å². The molecule has 0 amide bonds. The van der Waals surface area contributed by atoms with Crippen molar-refractivity contribution in [2.24, 2.45) is 11.7 Å². The standard InChI is InChI=1S/C32H28F3N3O7S/c1-3-44-30(40)25-21(23-12-7-13-46-23)16-22-26(28(25)39)24(17-8-5-11-20(14-17)38(42)43)27(31(41)45-4-2)29(36)37(22)19-10-6-9-18(15-19)32(33,34)35/h5-15,21,24-25H,3-4,16,36H2,1-2H3/t21-,24+,25+/m1/s1. The molecule has 0 fully saturated rings. The average Bonchev–Trinajstić information content (AvgIpc) is 3.55. The van der Waals surface area contributed by atoms with Crippen molar-refractivity contribution in [3.05, 3.63) is 115 Å². The number of benzene rings is 2. The predicted molar refractivity (Wildman–Crippen MR) is 161 cm³/mol. The maximum atomic E-state index is 14.7. The average molecular weight is 656 g/mol. The molecular weight excluding hydrogens is 627 g/mol. The van der Waals surface area contributed by atoms with Crippen LogP contribution in [-0.4, -0.2) is 35.9 Å². The summed E-state index contributed by atoms with van der Waals surface area (Å²) in [7, 11) is 0. The van der Waals surface area contributed by atoms with E-state index >= 15 is 0 Å². The molecule has 0 unspecified atom stereocenters. The molecule has 0 saturated heterocycles. The molecule has 46 heavy (non-hydrogen) atoms. The van der Waals surface area contributed by atoms with E-state index in [9.17, 15) is 37.7 Å². The van der Waals surface area contributed by atoms with Gasteiger partial charge in [-0.05, 0) is 55.5 Å². The van der Waals surface area contributed by atoms with Crippen molar-refractivity contribution < 1.29 is 42.0 Å². The van der Waals surface area contributed by atoms with Crippen LogP contribution in [0.5, 0.6) is 0 Å². The highest BCUT2D eigenvalue weighted by Gasteiger charge is 2.52. The largest absolute Gasteiger partial charge is 0.465 e. The Bertz CT molecular complexity index is 1770. The first-order chi connectivity index (χ1) is 21.9. The van der Waals surface area contributed by atoms with Gasteiger partial charge in [0.05, 0.1) is 35.2 Å². The highest BCUT2D eigenvalue weighted by molar-refractivity contribution is 7.10. The first kappa shape index (κ1) is 32.4. The summed E-state index contributed by atoms with van der Waals surface area (Å²) in [5, 5.41) is 13.5. The van der Waals surface area contributed by atoms with Crippen LogP contribution in [0.1, 0.15) is 48.1 Å². The van der Waals surface area contributed by atoms with Gasteiger partial charge in [-0.25, -0.2) is 4.79 Å². The Hall–Kier alpha value is -4.98. The van der Waals surface area contributed by atoms with Gasteiger partial charge in [0.1, 0.15) is 11.7 Å². The van der Waals surface area contributed by atoms with Gasteiger partial charge in [0, 0.05) is 39.9 Å². The number of carbonyl (C=O) groups is 3. The van der Waals surface area contributed by atoms with Gasteiger partial charge in [0.25, 0.3) is 5.69 Å². The molecule has 1 aliphatic heterocycles. The Morgan fingerprint density at radius 3 is 2.41 bits per heavy atom. The van der Waals surface area contributed by atoms with Crippen molar-refractivity contribution in [2.45, 2.75) is 38.3 Å². The van der Waals surface area contributed by atoms with Crippen molar-refractivity contribution in [3.8, 4) is 0 Å². The van der Waals surface area contributed by atoms with E-state index in [0.29, 0.717) is 4.88 Å². The van der Waals surface area contributed by atoms with Crippen LogP contribution in [0.4, 0.5) is 24.5 Å². The molecule has 14 heteroatoms. The summed E-state index contributed by atoms with van der Waals surface area (Å²) < 4.78 is 52.2. The van der Waals surface area contributed by atoms with Gasteiger partial charge in [-0.3, -0.25) is 24.6 Å².